The van der Waals surface area contributed by atoms with E-state index in [4.69, 9.17) is 5.26 Å². The lowest BCUT2D eigenvalue weighted by molar-refractivity contribution is -0.0359. The van der Waals surface area contributed by atoms with E-state index >= 15 is 0 Å². The van der Waals surface area contributed by atoms with Crippen LogP contribution in [0.2, 0.25) is 0 Å². The molecule has 1 fully saturated rings. The van der Waals surface area contributed by atoms with Crippen molar-refractivity contribution in [2.45, 2.75) is 18.9 Å². The van der Waals surface area contributed by atoms with Gasteiger partial charge < -0.3 is 10.0 Å². The first-order valence-electron chi connectivity index (χ1n) is 3.87. The summed E-state index contributed by atoms with van der Waals surface area (Å²) in [6.45, 7) is 3.25. The van der Waals surface area contributed by atoms with Crippen molar-refractivity contribution in [1.29, 1.82) is 5.26 Å². The first kappa shape index (κ1) is 8.51. The van der Waals surface area contributed by atoms with Gasteiger partial charge in [0.2, 0.25) is 0 Å². The van der Waals surface area contributed by atoms with Gasteiger partial charge >= 0.3 is 0 Å². The fourth-order valence-electron chi connectivity index (χ4n) is 1.60. The highest BCUT2D eigenvalue weighted by Gasteiger charge is 2.36. The molecule has 0 spiro atoms. The van der Waals surface area contributed by atoms with Crippen molar-refractivity contribution in [2.24, 2.45) is 5.92 Å². The van der Waals surface area contributed by atoms with Crippen LogP contribution < -0.4 is 0 Å². The van der Waals surface area contributed by atoms with Crippen LogP contribution in [0, 0.1) is 17.2 Å². The Bertz CT molecular complexity index is 183. The summed E-state index contributed by atoms with van der Waals surface area (Å²) >= 11 is 0. The van der Waals surface area contributed by atoms with Gasteiger partial charge in [0.05, 0.1) is 17.6 Å². The summed E-state index contributed by atoms with van der Waals surface area (Å²) in [6.07, 6.45) is 0.778. The van der Waals surface area contributed by atoms with Crippen LogP contribution in [0.15, 0.2) is 0 Å². The second kappa shape index (κ2) is 2.80. The number of likely N-dealkylation sites (N-methyl/N-ethyl adjacent to an activating group) is 1. The highest BCUT2D eigenvalue weighted by molar-refractivity contribution is 5.00. The van der Waals surface area contributed by atoms with Crippen LogP contribution in [0.4, 0.5) is 0 Å². The molecule has 2 unspecified atom stereocenters. The number of β-amino-alcohol motifs (C(OH)–C–C–N with tert-alkyl or cyclic N) is 1. The van der Waals surface area contributed by atoms with Crippen LogP contribution in [-0.2, 0) is 0 Å². The van der Waals surface area contributed by atoms with E-state index in [2.05, 4.69) is 6.07 Å². The van der Waals surface area contributed by atoms with E-state index in [1.807, 2.05) is 11.9 Å². The summed E-state index contributed by atoms with van der Waals surface area (Å²) in [5.74, 6) is -0.196. The average Bonchev–Trinajstić information content (AvgIpc) is 1.85. The van der Waals surface area contributed by atoms with E-state index < -0.39 is 5.60 Å². The lowest BCUT2D eigenvalue weighted by Crippen LogP contribution is -2.50. The number of hydrogen-bond acceptors (Lipinski definition) is 3. The molecule has 0 amide bonds. The van der Waals surface area contributed by atoms with Crippen molar-refractivity contribution in [3.05, 3.63) is 0 Å². The Morgan fingerprint density at radius 2 is 2.36 bits per heavy atom. The summed E-state index contributed by atoms with van der Waals surface area (Å²) in [5, 5.41) is 18.4. The van der Waals surface area contributed by atoms with Crippen LogP contribution >= 0.6 is 0 Å². The van der Waals surface area contributed by atoms with Gasteiger partial charge in [-0.15, -0.1) is 0 Å². The van der Waals surface area contributed by atoms with Gasteiger partial charge in [0, 0.05) is 6.54 Å². The number of piperidine rings is 1. The van der Waals surface area contributed by atoms with Crippen LogP contribution in [0.1, 0.15) is 13.3 Å². The maximum Gasteiger partial charge on any atom is 0.0903 e. The highest BCUT2D eigenvalue weighted by atomic mass is 16.3. The minimum absolute atomic E-state index is 0.196. The molecular formula is C8H14N2O. The molecule has 1 rings (SSSR count). The van der Waals surface area contributed by atoms with Crippen molar-refractivity contribution in [3.63, 3.8) is 0 Å². The number of hydrogen-bond donors (Lipinski definition) is 1. The van der Waals surface area contributed by atoms with Gasteiger partial charge in [-0.3, -0.25) is 0 Å². The molecule has 1 heterocycles. The van der Waals surface area contributed by atoms with Gasteiger partial charge in [0.25, 0.3) is 0 Å². The Balaban J connectivity index is 2.66. The van der Waals surface area contributed by atoms with Gasteiger partial charge in [-0.05, 0) is 26.9 Å². The first-order chi connectivity index (χ1) is 5.06. The molecule has 1 saturated heterocycles. The molecular weight excluding hydrogens is 140 g/mol. The zero-order valence-corrected chi connectivity index (χ0v) is 7.04. The molecule has 0 aromatic carbocycles. The second-order valence-corrected chi connectivity index (χ2v) is 3.57. The minimum Gasteiger partial charge on any atom is -0.387 e. The number of rotatable bonds is 0. The Morgan fingerprint density at radius 3 is 2.82 bits per heavy atom. The third kappa shape index (κ3) is 1.70. The summed E-state index contributed by atoms with van der Waals surface area (Å²) in [6, 6.07) is 2.14. The summed E-state index contributed by atoms with van der Waals surface area (Å²) in [7, 11) is 1.96. The van der Waals surface area contributed by atoms with Gasteiger partial charge in [-0.1, -0.05) is 0 Å². The normalized spacial score (nSPS) is 40.0. The third-order valence-electron chi connectivity index (χ3n) is 2.30. The Kier molecular flexibility index (Phi) is 2.17. The van der Waals surface area contributed by atoms with Crippen LogP contribution in [0.25, 0.3) is 0 Å². The minimum atomic E-state index is -0.818. The average molecular weight is 154 g/mol. The van der Waals surface area contributed by atoms with Crippen molar-refractivity contribution >= 4 is 0 Å². The Labute approximate surface area is 67.2 Å². The predicted molar refractivity (Wildman–Crippen MR) is 41.8 cm³/mol. The molecule has 0 saturated carbocycles. The van der Waals surface area contributed by atoms with Gasteiger partial charge in [-0.2, -0.15) is 5.26 Å². The van der Waals surface area contributed by atoms with E-state index in [0.29, 0.717) is 6.54 Å². The molecule has 11 heavy (non-hydrogen) atoms. The molecule has 0 radical (unpaired) electrons. The van der Waals surface area contributed by atoms with Crippen molar-refractivity contribution in [2.75, 3.05) is 20.1 Å². The zero-order valence-electron chi connectivity index (χ0n) is 7.04. The zero-order chi connectivity index (χ0) is 8.48. The quantitative estimate of drug-likeness (QED) is 0.542. The molecule has 0 bridgehead atoms. The topological polar surface area (TPSA) is 47.3 Å². The number of aliphatic hydroxyl groups is 1. The Morgan fingerprint density at radius 1 is 1.73 bits per heavy atom. The second-order valence-electron chi connectivity index (χ2n) is 3.57. The molecule has 2 atom stereocenters. The molecule has 3 heteroatoms. The largest absolute Gasteiger partial charge is 0.387 e. The van der Waals surface area contributed by atoms with Gasteiger partial charge in [-0.25, -0.2) is 0 Å². The van der Waals surface area contributed by atoms with Gasteiger partial charge in [0.1, 0.15) is 0 Å². The number of likely N-dealkylation sites (tertiary alicyclic amines) is 1. The fraction of sp³-hybridized carbons (Fsp3) is 0.875. The van der Waals surface area contributed by atoms with E-state index in [9.17, 15) is 5.11 Å². The van der Waals surface area contributed by atoms with E-state index in [1.54, 1.807) is 6.92 Å². The summed E-state index contributed by atoms with van der Waals surface area (Å²) < 4.78 is 0. The molecule has 1 aliphatic heterocycles. The Hall–Kier alpha value is -0.590. The summed E-state index contributed by atoms with van der Waals surface area (Å²) in [4.78, 5) is 2.05. The maximum atomic E-state index is 9.74. The third-order valence-corrected chi connectivity index (χ3v) is 2.30. The molecule has 62 valence electrons. The lowest BCUT2D eigenvalue weighted by atomic mass is 9.84. The standard InChI is InChI=1S/C8H14N2O/c1-8(11)6-10(2)4-3-7(8)5-9/h7,11H,3-4,6H2,1-2H3. The molecule has 3 nitrogen and oxygen atoms in total. The van der Waals surface area contributed by atoms with Crippen molar-refractivity contribution < 1.29 is 5.11 Å². The van der Waals surface area contributed by atoms with Crippen LogP contribution in [0.3, 0.4) is 0 Å². The fourth-order valence-corrected chi connectivity index (χ4v) is 1.60. The molecule has 1 N–H and O–H groups in total. The highest BCUT2D eigenvalue weighted by Crippen LogP contribution is 2.25. The van der Waals surface area contributed by atoms with Crippen LogP contribution in [-0.4, -0.2) is 35.7 Å². The van der Waals surface area contributed by atoms with E-state index in [-0.39, 0.29) is 5.92 Å². The van der Waals surface area contributed by atoms with Gasteiger partial charge in [0.15, 0.2) is 0 Å². The lowest BCUT2D eigenvalue weighted by Gasteiger charge is -2.38. The molecule has 0 aromatic heterocycles. The van der Waals surface area contributed by atoms with Crippen molar-refractivity contribution in [1.82, 2.24) is 4.90 Å². The molecule has 0 aromatic rings. The number of nitrogens with zero attached hydrogens (tertiary/aromatic N) is 2. The smallest absolute Gasteiger partial charge is 0.0903 e. The van der Waals surface area contributed by atoms with Crippen LogP contribution in [0.5, 0.6) is 0 Å². The number of nitriles is 1. The molecule has 0 aliphatic carbocycles. The summed E-state index contributed by atoms with van der Waals surface area (Å²) in [5.41, 5.74) is -0.818. The maximum absolute atomic E-state index is 9.74. The molecule has 1 aliphatic rings. The SMILES string of the molecule is CN1CCC(C#N)C(C)(O)C1. The first-order valence-corrected chi connectivity index (χ1v) is 3.87. The van der Waals surface area contributed by atoms with Crippen molar-refractivity contribution in [3.8, 4) is 6.07 Å². The van der Waals surface area contributed by atoms with E-state index in [1.165, 1.54) is 0 Å². The van der Waals surface area contributed by atoms with E-state index in [0.717, 1.165) is 13.0 Å². The monoisotopic (exact) mass is 154 g/mol. The predicted octanol–water partition coefficient (Wildman–Crippen LogP) is 0.213.